The number of nitrogens with zero attached hydrogens (tertiary/aromatic N) is 2. The fourth-order valence-corrected chi connectivity index (χ4v) is 2.94. The second-order valence-electron chi connectivity index (χ2n) is 6.48. The number of nitrogens with two attached hydrogens (primary N) is 1. The SMILES string of the molecule is CC(C)(C)OC(=O)NCCCNCC(=O)CCSc1cc(Cl)nc(N)n1. The molecule has 0 aliphatic rings. The van der Waals surface area contributed by atoms with E-state index in [4.69, 9.17) is 22.1 Å². The van der Waals surface area contributed by atoms with Crippen LogP contribution in [0.5, 0.6) is 0 Å². The zero-order valence-corrected chi connectivity index (χ0v) is 16.9. The minimum absolute atomic E-state index is 0.103. The Morgan fingerprint density at radius 2 is 2.04 bits per heavy atom. The first kappa shape index (κ1) is 22.5. The normalized spacial score (nSPS) is 11.2. The number of ether oxygens (including phenoxy) is 1. The Hall–Kier alpha value is -1.58. The molecule has 0 saturated carbocycles. The number of nitrogen functional groups attached to an aromatic ring is 1. The van der Waals surface area contributed by atoms with Crippen molar-refractivity contribution in [3.8, 4) is 0 Å². The number of alkyl carbamates (subject to hydrolysis) is 1. The van der Waals surface area contributed by atoms with Gasteiger partial charge in [0, 0.05) is 24.8 Å². The maximum atomic E-state index is 11.8. The van der Waals surface area contributed by atoms with Gasteiger partial charge in [-0.2, -0.15) is 0 Å². The fraction of sp³-hybridized carbons (Fsp3) is 0.625. The van der Waals surface area contributed by atoms with Crippen LogP contribution in [0, 0.1) is 0 Å². The number of hydrogen-bond donors (Lipinski definition) is 3. The van der Waals surface area contributed by atoms with E-state index in [1.54, 1.807) is 6.07 Å². The van der Waals surface area contributed by atoms with Crippen molar-refractivity contribution in [2.45, 2.75) is 44.2 Å². The molecule has 1 amide bonds. The van der Waals surface area contributed by atoms with Crippen molar-refractivity contribution < 1.29 is 14.3 Å². The van der Waals surface area contributed by atoms with Gasteiger partial charge in [-0.05, 0) is 33.7 Å². The Balaban J connectivity index is 2.06. The molecular weight excluding hydrogens is 378 g/mol. The summed E-state index contributed by atoms with van der Waals surface area (Å²) in [6, 6.07) is 1.61. The van der Waals surface area contributed by atoms with E-state index in [0.717, 1.165) is 0 Å². The highest BCUT2D eigenvalue weighted by Crippen LogP contribution is 2.20. The minimum Gasteiger partial charge on any atom is -0.444 e. The van der Waals surface area contributed by atoms with E-state index in [0.29, 0.717) is 43.3 Å². The van der Waals surface area contributed by atoms with Crippen LogP contribution in [0.2, 0.25) is 5.15 Å². The average Bonchev–Trinajstić information content (AvgIpc) is 2.48. The van der Waals surface area contributed by atoms with E-state index < -0.39 is 11.7 Å². The summed E-state index contributed by atoms with van der Waals surface area (Å²) >= 11 is 7.20. The second kappa shape index (κ2) is 11.2. The average molecular weight is 404 g/mol. The first-order valence-electron chi connectivity index (χ1n) is 8.28. The molecule has 1 aromatic rings. The first-order chi connectivity index (χ1) is 12.2. The van der Waals surface area contributed by atoms with E-state index >= 15 is 0 Å². The van der Waals surface area contributed by atoms with E-state index in [9.17, 15) is 9.59 Å². The third-order valence-electron chi connectivity index (χ3n) is 2.84. The third kappa shape index (κ3) is 11.1. The number of halogens is 1. The van der Waals surface area contributed by atoms with Gasteiger partial charge in [-0.3, -0.25) is 4.79 Å². The van der Waals surface area contributed by atoms with Crippen molar-refractivity contribution >= 4 is 41.2 Å². The Morgan fingerprint density at radius 3 is 2.69 bits per heavy atom. The third-order valence-corrected chi connectivity index (χ3v) is 3.95. The molecule has 1 rings (SSSR count). The number of carbonyl (C=O) groups is 2. The molecule has 8 nitrogen and oxygen atoms in total. The molecule has 1 aromatic heterocycles. The van der Waals surface area contributed by atoms with Gasteiger partial charge in [0.25, 0.3) is 0 Å². The van der Waals surface area contributed by atoms with Crippen LogP contribution in [0.1, 0.15) is 33.6 Å². The number of Topliss-reactive ketones (excluding diaryl/α,β-unsaturated/α-hetero) is 1. The maximum Gasteiger partial charge on any atom is 0.407 e. The van der Waals surface area contributed by atoms with Crippen molar-refractivity contribution in [3.63, 3.8) is 0 Å². The molecule has 4 N–H and O–H groups in total. The van der Waals surface area contributed by atoms with Gasteiger partial charge in [-0.1, -0.05) is 11.6 Å². The molecule has 0 fully saturated rings. The van der Waals surface area contributed by atoms with Crippen LogP contribution in [0.15, 0.2) is 11.1 Å². The lowest BCUT2D eigenvalue weighted by Gasteiger charge is -2.19. The molecule has 0 spiro atoms. The standard InChI is InChI=1S/C16H26ClN5O3S/c1-16(2,3)25-15(24)20-7-4-6-19-10-11(23)5-8-26-13-9-12(17)21-14(18)22-13/h9,19H,4-8,10H2,1-3H3,(H,20,24)(H2,18,21,22). The van der Waals surface area contributed by atoms with Crippen LogP contribution >= 0.6 is 23.4 Å². The van der Waals surface area contributed by atoms with Crippen LogP contribution < -0.4 is 16.4 Å². The summed E-state index contributed by atoms with van der Waals surface area (Å²) in [5, 5.41) is 6.66. The molecule has 0 bridgehead atoms. The van der Waals surface area contributed by atoms with Crippen LogP contribution in [-0.4, -0.2) is 52.8 Å². The summed E-state index contributed by atoms with van der Waals surface area (Å²) in [7, 11) is 0. The maximum absolute atomic E-state index is 11.8. The summed E-state index contributed by atoms with van der Waals surface area (Å²) in [5.41, 5.74) is 5.01. The zero-order valence-electron chi connectivity index (χ0n) is 15.3. The molecule has 0 radical (unpaired) electrons. The summed E-state index contributed by atoms with van der Waals surface area (Å²) in [4.78, 5) is 31.1. The summed E-state index contributed by atoms with van der Waals surface area (Å²) < 4.78 is 5.13. The Bertz CT molecular complexity index is 590. The highest BCUT2D eigenvalue weighted by molar-refractivity contribution is 7.99. The Labute approximate surface area is 163 Å². The lowest BCUT2D eigenvalue weighted by Crippen LogP contribution is -2.34. The van der Waals surface area contributed by atoms with E-state index in [1.807, 2.05) is 20.8 Å². The van der Waals surface area contributed by atoms with Crippen molar-refractivity contribution in [1.29, 1.82) is 0 Å². The summed E-state index contributed by atoms with van der Waals surface area (Å²) in [6.07, 6.45) is 0.686. The predicted octanol–water partition coefficient (Wildman–Crippen LogP) is 2.27. The number of hydrogen-bond acceptors (Lipinski definition) is 8. The molecular formula is C16H26ClN5O3S. The number of thioether (sulfide) groups is 1. The second-order valence-corrected chi connectivity index (χ2v) is 7.99. The minimum atomic E-state index is -0.504. The quantitative estimate of drug-likeness (QED) is 0.309. The van der Waals surface area contributed by atoms with Crippen molar-refractivity contribution in [2.75, 3.05) is 31.1 Å². The number of aromatic nitrogens is 2. The zero-order chi connectivity index (χ0) is 19.6. The Morgan fingerprint density at radius 1 is 1.31 bits per heavy atom. The molecule has 146 valence electrons. The fourth-order valence-electron chi connectivity index (χ4n) is 1.79. The van der Waals surface area contributed by atoms with E-state index in [2.05, 4.69) is 20.6 Å². The van der Waals surface area contributed by atoms with Gasteiger partial charge in [0.1, 0.15) is 21.6 Å². The molecule has 0 saturated heterocycles. The van der Waals surface area contributed by atoms with Crippen LogP contribution in [0.3, 0.4) is 0 Å². The summed E-state index contributed by atoms with van der Waals surface area (Å²) in [5.74, 6) is 0.812. The van der Waals surface area contributed by atoms with Crippen molar-refractivity contribution in [3.05, 3.63) is 11.2 Å². The molecule has 0 atom stereocenters. The monoisotopic (exact) mass is 403 g/mol. The van der Waals surface area contributed by atoms with Crippen molar-refractivity contribution in [2.24, 2.45) is 0 Å². The lowest BCUT2D eigenvalue weighted by atomic mass is 10.2. The number of amides is 1. The lowest BCUT2D eigenvalue weighted by molar-refractivity contribution is -0.117. The van der Waals surface area contributed by atoms with Gasteiger partial charge in [0.15, 0.2) is 0 Å². The van der Waals surface area contributed by atoms with Gasteiger partial charge >= 0.3 is 6.09 Å². The van der Waals surface area contributed by atoms with Gasteiger partial charge in [0.05, 0.1) is 6.54 Å². The number of rotatable bonds is 10. The molecule has 0 aliphatic carbocycles. The van der Waals surface area contributed by atoms with Crippen LogP contribution in [0.25, 0.3) is 0 Å². The van der Waals surface area contributed by atoms with Gasteiger partial charge < -0.3 is 21.1 Å². The molecule has 0 unspecified atom stereocenters. The summed E-state index contributed by atoms with van der Waals surface area (Å²) in [6.45, 7) is 6.85. The molecule has 0 aliphatic heterocycles. The van der Waals surface area contributed by atoms with Crippen LogP contribution in [-0.2, 0) is 9.53 Å². The molecule has 1 heterocycles. The Kier molecular flexibility index (Phi) is 9.68. The highest BCUT2D eigenvalue weighted by atomic mass is 35.5. The van der Waals surface area contributed by atoms with Gasteiger partial charge in [-0.25, -0.2) is 14.8 Å². The number of nitrogens with one attached hydrogen (secondary N) is 2. The smallest absolute Gasteiger partial charge is 0.407 e. The largest absolute Gasteiger partial charge is 0.444 e. The van der Waals surface area contributed by atoms with Crippen LogP contribution in [0.4, 0.5) is 10.7 Å². The molecule has 10 heteroatoms. The topological polar surface area (TPSA) is 119 Å². The number of anilines is 1. The first-order valence-corrected chi connectivity index (χ1v) is 9.64. The van der Waals surface area contributed by atoms with E-state index in [-0.39, 0.29) is 16.9 Å². The van der Waals surface area contributed by atoms with Crippen molar-refractivity contribution in [1.82, 2.24) is 20.6 Å². The molecule has 26 heavy (non-hydrogen) atoms. The number of ketones is 1. The molecule has 0 aromatic carbocycles. The predicted molar refractivity (Wildman–Crippen MR) is 104 cm³/mol. The van der Waals surface area contributed by atoms with Gasteiger partial charge in [0.2, 0.25) is 5.95 Å². The van der Waals surface area contributed by atoms with Gasteiger partial charge in [-0.15, -0.1) is 11.8 Å². The number of carbonyl (C=O) groups excluding carboxylic acids is 2. The highest BCUT2D eigenvalue weighted by Gasteiger charge is 2.15. The van der Waals surface area contributed by atoms with E-state index in [1.165, 1.54) is 11.8 Å².